The molecule has 0 fully saturated rings. The molecular weight excluding hydrogens is 324 g/mol. The van der Waals surface area contributed by atoms with E-state index in [0.29, 0.717) is 20.5 Å². The van der Waals surface area contributed by atoms with Gasteiger partial charge in [0.2, 0.25) is 5.91 Å². The fourth-order valence-corrected chi connectivity index (χ4v) is 2.85. The molecule has 0 aliphatic heterocycles. The molecule has 1 aromatic heterocycles. The zero-order valence-corrected chi connectivity index (χ0v) is 13.4. The van der Waals surface area contributed by atoms with Crippen molar-refractivity contribution in [1.82, 2.24) is 5.32 Å². The summed E-state index contributed by atoms with van der Waals surface area (Å²) in [5, 5.41) is 15.2. The van der Waals surface area contributed by atoms with Gasteiger partial charge in [0.15, 0.2) is 0 Å². The van der Waals surface area contributed by atoms with Crippen LogP contribution in [0.1, 0.15) is 28.3 Å². The van der Waals surface area contributed by atoms with Gasteiger partial charge in [-0.1, -0.05) is 11.6 Å². The number of aliphatic hydroxyl groups excluding tert-OH is 1. The molecule has 3 N–H and O–H groups in total. The maximum Gasteiger partial charge on any atom is 0.251 e. The van der Waals surface area contributed by atoms with Crippen molar-refractivity contribution in [1.29, 1.82) is 0 Å². The van der Waals surface area contributed by atoms with Crippen LogP contribution in [0.4, 0.5) is 5.69 Å². The predicted molar refractivity (Wildman–Crippen MR) is 87.4 cm³/mol. The minimum Gasteiger partial charge on any atom is -0.386 e. The molecule has 0 aliphatic rings. The van der Waals surface area contributed by atoms with E-state index in [1.165, 1.54) is 18.3 Å². The third-order valence-corrected chi connectivity index (χ3v) is 4.18. The van der Waals surface area contributed by atoms with Gasteiger partial charge in [-0.2, -0.15) is 0 Å². The van der Waals surface area contributed by atoms with Gasteiger partial charge in [0.25, 0.3) is 5.91 Å². The number of amides is 2. The number of rotatable bonds is 5. The number of halogens is 1. The molecule has 2 amide bonds. The Morgan fingerprint density at radius 3 is 2.45 bits per heavy atom. The molecule has 2 aromatic rings. The number of thiophene rings is 1. The number of nitrogens with one attached hydrogen (secondary N) is 2. The van der Waals surface area contributed by atoms with Crippen LogP contribution in [0.2, 0.25) is 4.34 Å². The van der Waals surface area contributed by atoms with Crippen LogP contribution < -0.4 is 10.6 Å². The molecule has 116 valence electrons. The Hall–Kier alpha value is -1.89. The Morgan fingerprint density at radius 2 is 1.91 bits per heavy atom. The van der Waals surface area contributed by atoms with Crippen molar-refractivity contribution in [2.24, 2.45) is 0 Å². The zero-order chi connectivity index (χ0) is 16.1. The summed E-state index contributed by atoms with van der Waals surface area (Å²) in [5.74, 6) is -0.467. The van der Waals surface area contributed by atoms with Crippen LogP contribution in [0.5, 0.6) is 0 Å². The van der Waals surface area contributed by atoms with Gasteiger partial charge in [0.1, 0.15) is 6.10 Å². The Bertz CT molecular complexity index is 670. The minimum absolute atomic E-state index is 0.100. The van der Waals surface area contributed by atoms with Gasteiger partial charge in [-0.15, -0.1) is 11.3 Å². The number of hydrogen-bond acceptors (Lipinski definition) is 4. The van der Waals surface area contributed by atoms with E-state index in [9.17, 15) is 14.7 Å². The first-order valence-electron chi connectivity index (χ1n) is 6.55. The Morgan fingerprint density at radius 1 is 1.23 bits per heavy atom. The average Bonchev–Trinajstić information content (AvgIpc) is 2.91. The van der Waals surface area contributed by atoms with Crippen LogP contribution in [0.25, 0.3) is 0 Å². The Labute approximate surface area is 136 Å². The normalized spacial score (nSPS) is 11.8. The highest BCUT2D eigenvalue weighted by Crippen LogP contribution is 2.26. The van der Waals surface area contributed by atoms with E-state index in [1.807, 2.05) is 0 Å². The van der Waals surface area contributed by atoms with E-state index in [1.54, 1.807) is 36.4 Å². The van der Waals surface area contributed by atoms with E-state index in [4.69, 9.17) is 11.6 Å². The SMILES string of the molecule is CC(=O)Nc1ccc(C(=O)NC[C@@H](O)c2ccc(Cl)s2)cc1. The van der Waals surface area contributed by atoms with Crippen molar-refractivity contribution in [2.45, 2.75) is 13.0 Å². The third-order valence-electron chi connectivity index (χ3n) is 2.85. The number of aliphatic hydroxyl groups is 1. The van der Waals surface area contributed by atoms with E-state index in [0.717, 1.165) is 0 Å². The highest BCUT2D eigenvalue weighted by molar-refractivity contribution is 7.16. The third kappa shape index (κ3) is 4.56. The van der Waals surface area contributed by atoms with Gasteiger partial charge in [-0.25, -0.2) is 0 Å². The first-order valence-corrected chi connectivity index (χ1v) is 7.74. The monoisotopic (exact) mass is 338 g/mol. The van der Waals surface area contributed by atoms with Crippen molar-refractivity contribution < 1.29 is 14.7 Å². The first kappa shape index (κ1) is 16.5. The summed E-state index contributed by atoms with van der Waals surface area (Å²) >= 11 is 7.08. The second kappa shape index (κ2) is 7.40. The maximum absolute atomic E-state index is 12.0. The fraction of sp³-hybridized carbons (Fsp3) is 0.200. The number of carbonyl (C=O) groups excluding carboxylic acids is 2. The summed E-state index contributed by atoms with van der Waals surface area (Å²) in [6.45, 7) is 1.52. The summed E-state index contributed by atoms with van der Waals surface area (Å²) in [5.41, 5.74) is 1.07. The standard InChI is InChI=1S/C15H15ClN2O3S/c1-9(19)18-11-4-2-10(3-5-11)15(21)17-8-12(20)13-6-7-14(16)22-13/h2-7,12,20H,8H2,1H3,(H,17,21)(H,18,19)/t12-/m1/s1. The van der Waals surface area contributed by atoms with Crippen LogP contribution in [-0.4, -0.2) is 23.5 Å². The van der Waals surface area contributed by atoms with Gasteiger partial charge in [0.05, 0.1) is 4.34 Å². The molecule has 0 bridgehead atoms. The number of carbonyl (C=O) groups is 2. The highest BCUT2D eigenvalue weighted by Gasteiger charge is 2.12. The second-order valence-corrected chi connectivity index (χ2v) is 6.37. The van der Waals surface area contributed by atoms with Crippen molar-refractivity contribution in [3.63, 3.8) is 0 Å². The van der Waals surface area contributed by atoms with Gasteiger partial charge < -0.3 is 15.7 Å². The zero-order valence-electron chi connectivity index (χ0n) is 11.8. The van der Waals surface area contributed by atoms with Gasteiger partial charge in [-0.3, -0.25) is 9.59 Å². The van der Waals surface area contributed by atoms with E-state index in [-0.39, 0.29) is 18.4 Å². The van der Waals surface area contributed by atoms with Gasteiger partial charge >= 0.3 is 0 Å². The molecule has 5 nitrogen and oxygen atoms in total. The number of hydrogen-bond donors (Lipinski definition) is 3. The topological polar surface area (TPSA) is 78.4 Å². The molecule has 22 heavy (non-hydrogen) atoms. The molecule has 1 heterocycles. The quantitative estimate of drug-likeness (QED) is 0.784. The molecule has 1 atom stereocenters. The molecular formula is C15H15ClN2O3S. The highest BCUT2D eigenvalue weighted by atomic mass is 35.5. The fourth-order valence-electron chi connectivity index (χ4n) is 1.81. The van der Waals surface area contributed by atoms with Crippen molar-refractivity contribution in [2.75, 3.05) is 11.9 Å². The molecule has 2 rings (SSSR count). The summed E-state index contributed by atoms with van der Waals surface area (Å²) in [6.07, 6.45) is -0.792. The average molecular weight is 339 g/mol. The molecule has 0 aliphatic carbocycles. The largest absolute Gasteiger partial charge is 0.386 e. The molecule has 0 saturated carbocycles. The summed E-state index contributed by atoms with van der Waals surface area (Å²) in [4.78, 5) is 23.6. The molecule has 1 aromatic carbocycles. The van der Waals surface area contributed by atoms with Crippen molar-refractivity contribution >= 4 is 40.4 Å². The summed E-state index contributed by atoms with van der Waals surface area (Å²) in [6, 6.07) is 9.93. The molecule has 0 spiro atoms. The van der Waals surface area contributed by atoms with Gasteiger partial charge in [-0.05, 0) is 36.4 Å². The maximum atomic E-state index is 12.0. The van der Waals surface area contributed by atoms with Crippen LogP contribution in [0.3, 0.4) is 0 Å². The minimum atomic E-state index is -0.792. The van der Waals surface area contributed by atoms with Gasteiger partial charge in [0, 0.05) is 29.6 Å². The number of anilines is 1. The van der Waals surface area contributed by atoms with E-state index < -0.39 is 6.10 Å². The number of benzene rings is 1. The Balaban J connectivity index is 1.90. The lowest BCUT2D eigenvalue weighted by Crippen LogP contribution is -2.28. The van der Waals surface area contributed by atoms with E-state index in [2.05, 4.69) is 10.6 Å². The summed E-state index contributed by atoms with van der Waals surface area (Å²) in [7, 11) is 0. The van der Waals surface area contributed by atoms with Crippen LogP contribution in [0, 0.1) is 0 Å². The molecule has 0 unspecified atom stereocenters. The lowest BCUT2D eigenvalue weighted by molar-refractivity contribution is -0.114. The lowest BCUT2D eigenvalue weighted by Gasteiger charge is -2.10. The molecule has 7 heteroatoms. The van der Waals surface area contributed by atoms with E-state index >= 15 is 0 Å². The predicted octanol–water partition coefficient (Wildman–Crippen LogP) is 2.82. The molecule has 0 radical (unpaired) electrons. The van der Waals surface area contributed by atoms with Crippen molar-refractivity contribution in [3.8, 4) is 0 Å². The molecule has 0 saturated heterocycles. The van der Waals surface area contributed by atoms with Crippen LogP contribution in [0.15, 0.2) is 36.4 Å². The van der Waals surface area contributed by atoms with Crippen molar-refractivity contribution in [3.05, 3.63) is 51.2 Å². The second-order valence-electron chi connectivity index (χ2n) is 4.63. The van der Waals surface area contributed by atoms with Crippen LogP contribution >= 0.6 is 22.9 Å². The smallest absolute Gasteiger partial charge is 0.251 e. The Kier molecular flexibility index (Phi) is 5.54. The first-order chi connectivity index (χ1) is 10.5. The lowest BCUT2D eigenvalue weighted by atomic mass is 10.2. The summed E-state index contributed by atoms with van der Waals surface area (Å²) < 4.78 is 0.592. The van der Waals surface area contributed by atoms with Crippen LogP contribution in [-0.2, 0) is 4.79 Å².